The molecule has 1 aromatic heterocycles. The molecular weight excluding hydrogens is 198 g/mol. The smallest absolute Gasteiger partial charge is 0.112 e. The average molecular weight is 211 g/mol. The molecule has 80 valence electrons. The molecule has 0 spiro atoms. The summed E-state index contributed by atoms with van der Waals surface area (Å²) in [7, 11) is 0. The van der Waals surface area contributed by atoms with Gasteiger partial charge in [0.2, 0.25) is 0 Å². The van der Waals surface area contributed by atoms with Crippen LogP contribution in [0.25, 0.3) is 16.5 Å². The Bertz CT molecular complexity index is 570. The van der Waals surface area contributed by atoms with Gasteiger partial charge in [-0.3, -0.25) is 9.98 Å². The molecule has 3 nitrogen and oxygen atoms in total. The molecule has 0 bridgehead atoms. The lowest BCUT2D eigenvalue weighted by molar-refractivity contribution is 1.26. The van der Waals surface area contributed by atoms with E-state index in [0.29, 0.717) is 11.4 Å². The number of pyridine rings is 1. The van der Waals surface area contributed by atoms with E-state index in [2.05, 4.69) is 16.7 Å². The van der Waals surface area contributed by atoms with Crippen molar-refractivity contribution in [3.8, 4) is 0 Å². The molecule has 0 aliphatic carbocycles. The van der Waals surface area contributed by atoms with E-state index < -0.39 is 0 Å². The molecule has 1 heterocycles. The van der Waals surface area contributed by atoms with Gasteiger partial charge in [-0.25, -0.2) is 0 Å². The third kappa shape index (κ3) is 1.56. The van der Waals surface area contributed by atoms with Crippen molar-refractivity contribution in [3.63, 3.8) is 0 Å². The summed E-state index contributed by atoms with van der Waals surface area (Å²) in [5.41, 5.74) is 7.93. The van der Waals surface area contributed by atoms with E-state index in [0.717, 1.165) is 16.5 Å². The molecule has 2 aromatic rings. The van der Waals surface area contributed by atoms with Crippen molar-refractivity contribution in [2.45, 2.75) is 6.92 Å². The normalized spacial score (nSPS) is 11.7. The highest BCUT2D eigenvalue weighted by Crippen LogP contribution is 2.30. The molecule has 0 fully saturated rings. The number of nitrogens with zero attached hydrogens (tertiary/aromatic N) is 2. The second kappa shape index (κ2) is 4.14. The third-order valence-corrected chi connectivity index (χ3v) is 2.52. The molecular formula is C13H13N3. The maximum absolute atomic E-state index is 5.87. The highest BCUT2D eigenvalue weighted by Gasteiger charge is 2.08. The number of allylic oxidation sites excluding steroid dienone is 1. The van der Waals surface area contributed by atoms with Crippen LogP contribution in [-0.2, 0) is 0 Å². The van der Waals surface area contributed by atoms with Gasteiger partial charge in [-0.05, 0) is 13.6 Å². The van der Waals surface area contributed by atoms with Crippen molar-refractivity contribution in [2.24, 2.45) is 10.7 Å². The summed E-state index contributed by atoms with van der Waals surface area (Å²) in [6, 6.07) is 7.92. The predicted octanol–water partition coefficient (Wildman–Crippen LogP) is 2.89. The quantitative estimate of drug-likeness (QED) is 0.776. The zero-order valence-corrected chi connectivity index (χ0v) is 9.14. The van der Waals surface area contributed by atoms with E-state index in [9.17, 15) is 0 Å². The molecule has 0 amide bonds. The molecule has 3 heteroatoms. The first-order valence-electron chi connectivity index (χ1n) is 5.04. The van der Waals surface area contributed by atoms with Crippen molar-refractivity contribution in [1.82, 2.24) is 4.98 Å². The lowest BCUT2D eigenvalue weighted by Crippen LogP contribution is -1.99. The van der Waals surface area contributed by atoms with E-state index in [1.54, 1.807) is 6.20 Å². The van der Waals surface area contributed by atoms with Gasteiger partial charge in [0.15, 0.2) is 0 Å². The molecule has 1 aromatic carbocycles. The van der Waals surface area contributed by atoms with Gasteiger partial charge in [-0.1, -0.05) is 30.3 Å². The van der Waals surface area contributed by atoms with Crippen molar-refractivity contribution in [1.29, 1.82) is 0 Å². The molecule has 0 saturated carbocycles. The first kappa shape index (κ1) is 10.4. The molecule has 0 aliphatic heterocycles. The minimum absolute atomic E-state index is 0.619. The van der Waals surface area contributed by atoms with E-state index in [4.69, 9.17) is 5.73 Å². The number of hydrogen-bond donors (Lipinski definition) is 1. The van der Waals surface area contributed by atoms with Crippen LogP contribution in [0.15, 0.2) is 41.5 Å². The zero-order valence-electron chi connectivity index (χ0n) is 9.14. The maximum atomic E-state index is 5.87. The lowest BCUT2D eigenvalue weighted by atomic mass is 10.1. The maximum Gasteiger partial charge on any atom is 0.112 e. The fraction of sp³-hybridized carbons (Fsp3) is 0.0769. The number of aliphatic imine (C=N–C) groups is 1. The molecule has 2 N–H and O–H groups in total. The second-order valence-corrected chi connectivity index (χ2v) is 3.44. The van der Waals surface area contributed by atoms with Crippen LogP contribution >= 0.6 is 0 Å². The number of hydrogen-bond acceptors (Lipinski definition) is 3. The summed E-state index contributed by atoms with van der Waals surface area (Å²) >= 11 is 0. The summed E-state index contributed by atoms with van der Waals surface area (Å²) in [6.07, 6.45) is 3.61. The fourth-order valence-corrected chi connectivity index (χ4v) is 1.66. The standard InChI is InChI=1S/C13H13N3/c1-3-11(14)13-12(15-2)10-7-5-4-6-9(10)8-16-13/h3-8H,2,14H2,1H3/b11-3+. The Hall–Kier alpha value is -2.16. The number of benzene rings is 1. The first-order chi connectivity index (χ1) is 7.77. The Morgan fingerprint density at radius 2 is 2.19 bits per heavy atom. The summed E-state index contributed by atoms with van der Waals surface area (Å²) in [5.74, 6) is 0. The summed E-state index contributed by atoms with van der Waals surface area (Å²) in [6.45, 7) is 5.46. The van der Waals surface area contributed by atoms with Crippen LogP contribution in [0.5, 0.6) is 0 Å². The number of nitrogens with two attached hydrogens (primary N) is 1. The Labute approximate surface area is 94.3 Å². The Morgan fingerprint density at radius 1 is 1.44 bits per heavy atom. The average Bonchev–Trinajstić information content (AvgIpc) is 2.36. The van der Waals surface area contributed by atoms with Gasteiger partial charge in [-0.15, -0.1) is 0 Å². The van der Waals surface area contributed by atoms with Gasteiger partial charge < -0.3 is 5.73 Å². The largest absolute Gasteiger partial charge is 0.397 e. The molecule has 0 unspecified atom stereocenters. The molecule has 0 atom stereocenters. The summed E-state index contributed by atoms with van der Waals surface area (Å²) < 4.78 is 0. The van der Waals surface area contributed by atoms with E-state index in [1.807, 2.05) is 37.3 Å². The molecule has 0 saturated heterocycles. The first-order valence-corrected chi connectivity index (χ1v) is 5.04. The van der Waals surface area contributed by atoms with E-state index >= 15 is 0 Å². The van der Waals surface area contributed by atoms with Gasteiger partial charge in [0.05, 0.1) is 11.4 Å². The van der Waals surface area contributed by atoms with Crippen molar-refractivity contribution >= 4 is 28.9 Å². The van der Waals surface area contributed by atoms with Crippen LogP contribution in [0.2, 0.25) is 0 Å². The predicted molar refractivity (Wildman–Crippen MR) is 68.8 cm³/mol. The minimum Gasteiger partial charge on any atom is -0.397 e. The van der Waals surface area contributed by atoms with Crippen molar-refractivity contribution in [2.75, 3.05) is 0 Å². The highest BCUT2D eigenvalue weighted by atomic mass is 14.8. The van der Waals surface area contributed by atoms with Crippen LogP contribution in [0.3, 0.4) is 0 Å². The van der Waals surface area contributed by atoms with Crippen LogP contribution in [0.1, 0.15) is 12.6 Å². The van der Waals surface area contributed by atoms with Crippen molar-refractivity contribution in [3.05, 3.63) is 42.2 Å². The van der Waals surface area contributed by atoms with Crippen molar-refractivity contribution < 1.29 is 0 Å². The minimum atomic E-state index is 0.619. The van der Waals surface area contributed by atoms with E-state index in [1.165, 1.54) is 0 Å². The summed E-state index contributed by atoms with van der Waals surface area (Å²) in [4.78, 5) is 8.36. The van der Waals surface area contributed by atoms with Crippen LogP contribution < -0.4 is 5.73 Å². The summed E-state index contributed by atoms with van der Waals surface area (Å²) in [5, 5.41) is 2.06. The van der Waals surface area contributed by atoms with E-state index in [-0.39, 0.29) is 0 Å². The molecule has 2 rings (SSSR count). The molecule has 0 radical (unpaired) electrons. The van der Waals surface area contributed by atoms with Crippen LogP contribution in [-0.4, -0.2) is 11.7 Å². The topological polar surface area (TPSA) is 51.3 Å². The Morgan fingerprint density at radius 3 is 2.88 bits per heavy atom. The second-order valence-electron chi connectivity index (χ2n) is 3.44. The van der Waals surface area contributed by atoms with Crippen LogP contribution in [0, 0.1) is 0 Å². The molecule has 0 aliphatic rings. The SMILES string of the molecule is C=Nc1c(/C(N)=C\C)ncc2ccccc12. The monoisotopic (exact) mass is 211 g/mol. The van der Waals surface area contributed by atoms with Gasteiger partial charge in [0, 0.05) is 17.0 Å². The highest BCUT2D eigenvalue weighted by molar-refractivity contribution is 5.96. The Kier molecular flexibility index (Phi) is 2.68. The zero-order chi connectivity index (χ0) is 11.5. The number of rotatable bonds is 2. The lowest BCUT2D eigenvalue weighted by Gasteiger charge is -2.07. The van der Waals surface area contributed by atoms with Crippen LogP contribution in [0.4, 0.5) is 5.69 Å². The Balaban J connectivity index is 2.83. The molecule has 16 heavy (non-hydrogen) atoms. The van der Waals surface area contributed by atoms with Gasteiger partial charge in [0.25, 0.3) is 0 Å². The fourth-order valence-electron chi connectivity index (χ4n) is 1.66. The number of aromatic nitrogens is 1. The van der Waals surface area contributed by atoms with Gasteiger partial charge >= 0.3 is 0 Å². The third-order valence-electron chi connectivity index (χ3n) is 2.52. The van der Waals surface area contributed by atoms with Gasteiger partial charge in [-0.2, -0.15) is 0 Å². The number of fused-ring (bicyclic) bond motifs is 1. The van der Waals surface area contributed by atoms with Gasteiger partial charge in [0.1, 0.15) is 5.69 Å².